The summed E-state index contributed by atoms with van der Waals surface area (Å²) in [7, 11) is 0. The van der Waals surface area contributed by atoms with Gasteiger partial charge in [-0.3, -0.25) is 0 Å². The maximum atomic E-state index is 13.3. The minimum absolute atomic E-state index is 0.163. The van der Waals surface area contributed by atoms with Crippen LogP contribution >= 0.6 is 0 Å². The van der Waals surface area contributed by atoms with Crippen molar-refractivity contribution in [3.8, 4) is 0 Å². The number of hydrogen-bond donors (Lipinski definition) is 1. The summed E-state index contributed by atoms with van der Waals surface area (Å²) in [5.41, 5.74) is 1.71. The van der Waals surface area contributed by atoms with Crippen molar-refractivity contribution in [3.63, 3.8) is 0 Å². The molecule has 0 aromatic heterocycles. The molecule has 1 nitrogen and oxygen atoms in total. The maximum Gasteiger partial charge on any atom is 0.146 e. The third kappa shape index (κ3) is 3.90. The van der Waals surface area contributed by atoms with Gasteiger partial charge in [0.25, 0.3) is 0 Å². The van der Waals surface area contributed by atoms with Crippen LogP contribution in [0.25, 0.3) is 0 Å². The summed E-state index contributed by atoms with van der Waals surface area (Å²) in [6.07, 6.45) is 2.36. The van der Waals surface area contributed by atoms with Gasteiger partial charge in [-0.1, -0.05) is 26.3 Å². The Morgan fingerprint density at radius 3 is 2.80 bits per heavy atom. The molecule has 1 aromatic carbocycles. The first kappa shape index (κ1) is 12.0. The van der Waals surface area contributed by atoms with Gasteiger partial charge in [-0.05, 0) is 37.0 Å². The van der Waals surface area contributed by atoms with Crippen LogP contribution in [0.5, 0.6) is 0 Å². The van der Waals surface area contributed by atoms with E-state index < -0.39 is 0 Å². The molecule has 0 aliphatic rings. The number of halogens is 1. The van der Waals surface area contributed by atoms with Crippen LogP contribution in [0.4, 0.5) is 10.1 Å². The zero-order valence-corrected chi connectivity index (χ0v) is 9.81. The molecule has 0 saturated carbocycles. The molecule has 1 rings (SSSR count). The molecule has 15 heavy (non-hydrogen) atoms. The van der Waals surface area contributed by atoms with Crippen LogP contribution in [0.2, 0.25) is 0 Å². The van der Waals surface area contributed by atoms with E-state index in [4.69, 9.17) is 0 Å². The Labute approximate surface area is 91.7 Å². The van der Waals surface area contributed by atoms with Crippen molar-refractivity contribution in [2.75, 3.05) is 11.9 Å². The quantitative estimate of drug-likeness (QED) is 0.773. The first-order valence-electron chi connectivity index (χ1n) is 5.63. The number of hydrogen-bond acceptors (Lipinski definition) is 1. The highest BCUT2D eigenvalue weighted by molar-refractivity contribution is 5.46. The first-order valence-corrected chi connectivity index (χ1v) is 5.63. The number of benzene rings is 1. The lowest BCUT2D eigenvalue weighted by atomic mass is 10.1. The lowest BCUT2D eigenvalue weighted by Gasteiger charge is -2.13. The highest BCUT2D eigenvalue weighted by Gasteiger charge is 2.04. The molecule has 0 aliphatic carbocycles. The summed E-state index contributed by atoms with van der Waals surface area (Å²) in [5, 5.41) is 3.16. The van der Waals surface area contributed by atoms with Crippen LogP contribution in [-0.4, -0.2) is 6.54 Å². The van der Waals surface area contributed by atoms with E-state index >= 15 is 0 Å². The summed E-state index contributed by atoms with van der Waals surface area (Å²) in [6, 6.07) is 5.16. The molecule has 1 atom stereocenters. The van der Waals surface area contributed by atoms with Gasteiger partial charge in [0.1, 0.15) is 5.82 Å². The van der Waals surface area contributed by atoms with E-state index in [0.717, 1.165) is 12.1 Å². The second kappa shape index (κ2) is 5.74. The smallest absolute Gasteiger partial charge is 0.146 e. The standard InChI is InChI=1S/C13H20FN/c1-4-5-11(3)9-15-13-8-10(2)6-7-12(13)14/h6-8,11,15H,4-5,9H2,1-3H3. The lowest BCUT2D eigenvalue weighted by molar-refractivity contribution is 0.547. The Morgan fingerprint density at radius 1 is 1.40 bits per heavy atom. The molecule has 1 N–H and O–H groups in total. The molecule has 1 unspecified atom stereocenters. The van der Waals surface area contributed by atoms with Gasteiger partial charge in [0.15, 0.2) is 0 Å². The first-order chi connectivity index (χ1) is 7.13. The van der Waals surface area contributed by atoms with E-state index in [2.05, 4.69) is 19.2 Å². The Kier molecular flexibility index (Phi) is 4.60. The minimum atomic E-state index is -0.163. The van der Waals surface area contributed by atoms with E-state index in [1.165, 1.54) is 18.9 Å². The predicted octanol–water partition coefficient (Wildman–Crippen LogP) is 3.98. The summed E-state index contributed by atoms with van der Waals surface area (Å²) in [6.45, 7) is 7.17. The molecule has 84 valence electrons. The van der Waals surface area contributed by atoms with E-state index in [0.29, 0.717) is 11.6 Å². The molecule has 0 radical (unpaired) electrons. The minimum Gasteiger partial charge on any atom is -0.382 e. The average molecular weight is 209 g/mol. The molecular weight excluding hydrogens is 189 g/mol. The second-order valence-corrected chi connectivity index (χ2v) is 4.26. The summed E-state index contributed by atoms with van der Waals surface area (Å²) < 4.78 is 13.3. The summed E-state index contributed by atoms with van der Waals surface area (Å²) in [4.78, 5) is 0. The van der Waals surface area contributed by atoms with Crippen molar-refractivity contribution < 1.29 is 4.39 Å². The number of aryl methyl sites for hydroxylation is 1. The lowest BCUT2D eigenvalue weighted by Crippen LogP contribution is -2.12. The SMILES string of the molecule is CCCC(C)CNc1cc(C)ccc1F. The molecule has 0 bridgehead atoms. The molecule has 0 aliphatic heterocycles. The van der Waals surface area contributed by atoms with E-state index in [9.17, 15) is 4.39 Å². The van der Waals surface area contributed by atoms with Crippen molar-refractivity contribution in [1.29, 1.82) is 0 Å². The van der Waals surface area contributed by atoms with Crippen molar-refractivity contribution in [2.45, 2.75) is 33.6 Å². The highest BCUT2D eigenvalue weighted by atomic mass is 19.1. The summed E-state index contributed by atoms with van der Waals surface area (Å²) >= 11 is 0. The van der Waals surface area contributed by atoms with Crippen molar-refractivity contribution in [3.05, 3.63) is 29.6 Å². The molecule has 0 amide bonds. The number of nitrogens with one attached hydrogen (secondary N) is 1. The van der Waals surface area contributed by atoms with Crippen LogP contribution in [-0.2, 0) is 0 Å². The van der Waals surface area contributed by atoms with Crippen LogP contribution in [0.3, 0.4) is 0 Å². The van der Waals surface area contributed by atoms with E-state index in [1.54, 1.807) is 6.07 Å². The third-order valence-electron chi connectivity index (χ3n) is 2.54. The zero-order valence-electron chi connectivity index (χ0n) is 9.81. The predicted molar refractivity (Wildman–Crippen MR) is 63.7 cm³/mol. The Morgan fingerprint density at radius 2 is 2.13 bits per heavy atom. The van der Waals surface area contributed by atoms with Crippen LogP contribution in [0, 0.1) is 18.7 Å². The zero-order chi connectivity index (χ0) is 11.3. The third-order valence-corrected chi connectivity index (χ3v) is 2.54. The largest absolute Gasteiger partial charge is 0.382 e. The Balaban J connectivity index is 2.53. The van der Waals surface area contributed by atoms with Gasteiger partial charge in [0, 0.05) is 6.54 Å². The second-order valence-electron chi connectivity index (χ2n) is 4.26. The van der Waals surface area contributed by atoms with Gasteiger partial charge in [-0.2, -0.15) is 0 Å². The van der Waals surface area contributed by atoms with Crippen molar-refractivity contribution in [2.24, 2.45) is 5.92 Å². The van der Waals surface area contributed by atoms with Gasteiger partial charge in [-0.15, -0.1) is 0 Å². The van der Waals surface area contributed by atoms with Gasteiger partial charge in [0.2, 0.25) is 0 Å². The van der Waals surface area contributed by atoms with E-state index in [-0.39, 0.29) is 5.82 Å². The number of rotatable bonds is 5. The molecule has 0 fully saturated rings. The topological polar surface area (TPSA) is 12.0 Å². The van der Waals surface area contributed by atoms with Gasteiger partial charge in [-0.25, -0.2) is 4.39 Å². The Bertz CT molecular complexity index is 309. The fourth-order valence-corrected chi connectivity index (χ4v) is 1.65. The molecule has 0 spiro atoms. The van der Waals surface area contributed by atoms with Crippen LogP contribution in [0.1, 0.15) is 32.3 Å². The highest BCUT2D eigenvalue weighted by Crippen LogP contribution is 2.16. The van der Waals surface area contributed by atoms with Gasteiger partial charge in [0.05, 0.1) is 5.69 Å². The monoisotopic (exact) mass is 209 g/mol. The molecular formula is C13H20FN. The number of anilines is 1. The normalized spacial score (nSPS) is 12.5. The molecule has 0 saturated heterocycles. The molecule has 0 heterocycles. The van der Waals surface area contributed by atoms with Gasteiger partial charge >= 0.3 is 0 Å². The van der Waals surface area contributed by atoms with Crippen molar-refractivity contribution >= 4 is 5.69 Å². The summed E-state index contributed by atoms with van der Waals surface area (Å²) in [5.74, 6) is 0.430. The van der Waals surface area contributed by atoms with E-state index in [1.807, 2.05) is 13.0 Å². The fraction of sp³-hybridized carbons (Fsp3) is 0.538. The molecule has 2 heteroatoms. The van der Waals surface area contributed by atoms with Crippen LogP contribution in [0.15, 0.2) is 18.2 Å². The van der Waals surface area contributed by atoms with Gasteiger partial charge < -0.3 is 5.32 Å². The van der Waals surface area contributed by atoms with Crippen LogP contribution < -0.4 is 5.32 Å². The molecule has 1 aromatic rings. The average Bonchev–Trinajstić information content (AvgIpc) is 2.20. The fourth-order valence-electron chi connectivity index (χ4n) is 1.65. The Hall–Kier alpha value is -1.05. The van der Waals surface area contributed by atoms with Crippen molar-refractivity contribution in [1.82, 2.24) is 0 Å². The maximum absolute atomic E-state index is 13.3.